The van der Waals surface area contributed by atoms with Gasteiger partial charge in [0.25, 0.3) is 5.91 Å². The molecule has 9 nitrogen and oxygen atoms in total. The topological polar surface area (TPSA) is 115 Å². The van der Waals surface area contributed by atoms with Crippen LogP contribution >= 0.6 is 0 Å². The van der Waals surface area contributed by atoms with Crippen LogP contribution in [0, 0.1) is 6.92 Å². The molecule has 0 atom stereocenters. The maximum Gasteiger partial charge on any atom is 0.341 e. The molecule has 2 aromatic heterocycles. The zero-order chi connectivity index (χ0) is 21.0. The van der Waals surface area contributed by atoms with Crippen molar-refractivity contribution in [3.8, 4) is 11.5 Å². The number of benzene rings is 1. The van der Waals surface area contributed by atoms with Gasteiger partial charge in [-0.3, -0.25) is 9.20 Å². The van der Waals surface area contributed by atoms with Gasteiger partial charge in [0.1, 0.15) is 11.3 Å². The molecule has 0 aliphatic carbocycles. The second-order valence-electron chi connectivity index (χ2n) is 6.16. The Morgan fingerprint density at radius 2 is 2.03 bits per heavy atom. The van der Waals surface area contributed by atoms with E-state index in [2.05, 4.69) is 15.5 Å². The SMILES string of the molecule is COc1cc(/C(C)=N\NC(=O)c2c(C)nc3ccccn23)ccc1OCC(=O)O. The predicted octanol–water partition coefficient (Wildman–Crippen LogP) is 2.27. The summed E-state index contributed by atoms with van der Waals surface area (Å²) in [6, 6.07) is 10.4. The van der Waals surface area contributed by atoms with Crippen molar-refractivity contribution in [1.29, 1.82) is 0 Å². The van der Waals surface area contributed by atoms with Gasteiger partial charge in [0, 0.05) is 11.8 Å². The van der Waals surface area contributed by atoms with Gasteiger partial charge in [-0.25, -0.2) is 15.2 Å². The van der Waals surface area contributed by atoms with Gasteiger partial charge < -0.3 is 14.6 Å². The molecule has 150 valence electrons. The summed E-state index contributed by atoms with van der Waals surface area (Å²) in [5.74, 6) is -0.799. The number of ether oxygens (including phenoxy) is 2. The molecule has 1 aromatic carbocycles. The van der Waals surface area contributed by atoms with Crippen LogP contribution in [-0.4, -0.2) is 45.8 Å². The van der Waals surface area contributed by atoms with Crippen LogP contribution in [0.5, 0.6) is 11.5 Å². The number of carboxylic acids is 1. The molecule has 0 bridgehead atoms. The van der Waals surface area contributed by atoms with Gasteiger partial charge in [-0.1, -0.05) is 6.07 Å². The van der Waals surface area contributed by atoms with E-state index in [1.54, 1.807) is 42.6 Å². The molecule has 9 heteroatoms. The first kappa shape index (κ1) is 19.9. The number of aliphatic carboxylic acids is 1. The Labute approximate surface area is 166 Å². The Morgan fingerprint density at radius 1 is 1.24 bits per heavy atom. The zero-order valence-electron chi connectivity index (χ0n) is 16.2. The molecule has 0 aliphatic rings. The number of rotatable bonds is 7. The molecule has 0 saturated heterocycles. The minimum Gasteiger partial charge on any atom is -0.493 e. The van der Waals surface area contributed by atoms with Crippen LogP contribution in [0.15, 0.2) is 47.7 Å². The Morgan fingerprint density at radius 3 is 2.76 bits per heavy atom. The fourth-order valence-corrected chi connectivity index (χ4v) is 2.79. The number of carbonyl (C=O) groups excluding carboxylic acids is 1. The van der Waals surface area contributed by atoms with Crippen molar-refractivity contribution in [3.05, 3.63) is 59.5 Å². The van der Waals surface area contributed by atoms with Gasteiger partial charge in [0.15, 0.2) is 18.1 Å². The molecule has 0 radical (unpaired) electrons. The van der Waals surface area contributed by atoms with Crippen molar-refractivity contribution >= 4 is 23.2 Å². The van der Waals surface area contributed by atoms with Gasteiger partial charge in [-0.05, 0) is 44.2 Å². The van der Waals surface area contributed by atoms with Crippen LogP contribution in [0.2, 0.25) is 0 Å². The number of imidazole rings is 1. The average Bonchev–Trinajstić information content (AvgIpc) is 3.05. The molecule has 1 amide bonds. The van der Waals surface area contributed by atoms with Gasteiger partial charge in [0.05, 0.1) is 18.5 Å². The van der Waals surface area contributed by atoms with Crippen molar-refractivity contribution < 1.29 is 24.2 Å². The summed E-state index contributed by atoms with van der Waals surface area (Å²) < 4.78 is 12.1. The lowest BCUT2D eigenvalue weighted by Crippen LogP contribution is -2.22. The lowest BCUT2D eigenvalue weighted by Gasteiger charge is -2.11. The highest BCUT2D eigenvalue weighted by molar-refractivity contribution is 6.01. The maximum absolute atomic E-state index is 12.6. The summed E-state index contributed by atoms with van der Waals surface area (Å²) in [6.45, 7) is 3.02. The number of hydrazone groups is 1. The number of nitrogens with zero attached hydrogens (tertiary/aromatic N) is 3. The van der Waals surface area contributed by atoms with Crippen molar-refractivity contribution in [2.75, 3.05) is 13.7 Å². The quantitative estimate of drug-likeness (QED) is 0.468. The Kier molecular flexibility index (Phi) is 5.77. The molecule has 0 saturated carbocycles. The molecular weight excluding hydrogens is 376 g/mol. The highest BCUT2D eigenvalue weighted by atomic mass is 16.5. The van der Waals surface area contributed by atoms with E-state index in [1.165, 1.54) is 7.11 Å². The van der Waals surface area contributed by atoms with E-state index in [9.17, 15) is 9.59 Å². The van der Waals surface area contributed by atoms with Crippen molar-refractivity contribution in [2.45, 2.75) is 13.8 Å². The number of pyridine rings is 1. The minimum atomic E-state index is -1.08. The number of amides is 1. The summed E-state index contributed by atoms with van der Waals surface area (Å²) in [6.07, 6.45) is 1.77. The summed E-state index contributed by atoms with van der Waals surface area (Å²) >= 11 is 0. The van der Waals surface area contributed by atoms with Crippen LogP contribution in [-0.2, 0) is 4.79 Å². The fourth-order valence-electron chi connectivity index (χ4n) is 2.79. The smallest absolute Gasteiger partial charge is 0.341 e. The van der Waals surface area contributed by atoms with Crippen molar-refractivity contribution in [3.63, 3.8) is 0 Å². The van der Waals surface area contributed by atoms with E-state index in [1.807, 2.05) is 18.2 Å². The normalized spacial score (nSPS) is 11.3. The highest BCUT2D eigenvalue weighted by Crippen LogP contribution is 2.28. The summed E-state index contributed by atoms with van der Waals surface area (Å²) in [4.78, 5) is 27.7. The van der Waals surface area contributed by atoms with Crippen LogP contribution in [0.3, 0.4) is 0 Å². The number of carbonyl (C=O) groups is 2. The molecule has 29 heavy (non-hydrogen) atoms. The van der Waals surface area contributed by atoms with E-state index in [0.717, 1.165) is 0 Å². The number of methoxy groups -OCH3 is 1. The van der Waals surface area contributed by atoms with Gasteiger partial charge in [-0.2, -0.15) is 5.10 Å². The number of hydrogen-bond acceptors (Lipinski definition) is 6. The van der Waals surface area contributed by atoms with Crippen LogP contribution in [0.4, 0.5) is 0 Å². The molecule has 2 heterocycles. The minimum absolute atomic E-state index is 0.303. The fraction of sp³-hybridized carbons (Fsp3) is 0.200. The Hall–Kier alpha value is -3.88. The third-order valence-corrected chi connectivity index (χ3v) is 4.18. The van der Waals surface area contributed by atoms with E-state index < -0.39 is 12.6 Å². The highest BCUT2D eigenvalue weighted by Gasteiger charge is 2.16. The summed E-state index contributed by atoms with van der Waals surface area (Å²) in [7, 11) is 1.45. The number of aryl methyl sites for hydroxylation is 1. The second-order valence-corrected chi connectivity index (χ2v) is 6.16. The number of fused-ring (bicyclic) bond motifs is 1. The maximum atomic E-state index is 12.6. The van der Waals surface area contributed by atoms with Crippen molar-refractivity contribution in [1.82, 2.24) is 14.8 Å². The lowest BCUT2D eigenvalue weighted by atomic mass is 10.1. The molecule has 2 N–H and O–H groups in total. The number of nitrogens with one attached hydrogen (secondary N) is 1. The largest absolute Gasteiger partial charge is 0.493 e. The van der Waals surface area contributed by atoms with Crippen LogP contribution in [0.1, 0.15) is 28.7 Å². The van der Waals surface area contributed by atoms with E-state index in [4.69, 9.17) is 14.6 Å². The van der Waals surface area contributed by atoms with Crippen LogP contribution < -0.4 is 14.9 Å². The van der Waals surface area contributed by atoms with Gasteiger partial charge >= 0.3 is 5.97 Å². The number of hydrogen-bond donors (Lipinski definition) is 2. The van der Waals surface area contributed by atoms with E-state index in [0.29, 0.717) is 39.8 Å². The summed E-state index contributed by atoms with van der Waals surface area (Å²) in [5, 5.41) is 12.9. The Balaban J connectivity index is 1.79. The zero-order valence-corrected chi connectivity index (χ0v) is 16.2. The van der Waals surface area contributed by atoms with E-state index >= 15 is 0 Å². The monoisotopic (exact) mass is 396 g/mol. The molecule has 3 aromatic rings. The predicted molar refractivity (Wildman–Crippen MR) is 106 cm³/mol. The van der Waals surface area contributed by atoms with Crippen LogP contribution in [0.25, 0.3) is 5.65 Å². The van der Waals surface area contributed by atoms with E-state index in [-0.39, 0.29) is 5.91 Å². The average molecular weight is 396 g/mol. The molecule has 0 unspecified atom stereocenters. The third-order valence-electron chi connectivity index (χ3n) is 4.18. The lowest BCUT2D eigenvalue weighted by molar-refractivity contribution is -0.139. The third kappa shape index (κ3) is 4.34. The molecule has 0 fully saturated rings. The molecule has 3 rings (SSSR count). The second kappa shape index (κ2) is 8.42. The first-order valence-corrected chi connectivity index (χ1v) is 8.72. The molecule has 0 spiro atoms. The van der Waals surface area contributed by atoms with Gasteiger partial charge in [0.2, 0.25) is 0 Å². The number of aromatic nitrogens is 2. The van der Waals surface area contributed by atoms with Crippen molar-refractivity contribution in [2.24, 2.45) is 5.10 Å². The molecule has 0 aliphatic heterocycles. The molecular formula is C20H20N4O5. The Bertz CT molecular complexity index is 1100. The first-order chi connectivity index (χ1) is 13.9. The summed E-state index contributed by atoms with van der Waals surface area (Å²) in [5.41, 5.74) is 5.45. The van der Waals surface area contributed by atoms with Gasteiger partial charge in [-0.15, -0.1) is 0 Å². The number of carboxylic acid groups (broad SMARTS) is 1. The first-order valence-electron chi connectivity index (χ1n) is 8.72. The standard InChI is InChI=1S/C20H20N4O5/c1-12(14-7-8-15(16(10-14)28-3)29-11-18(25)26)22-23-20(27)19-13(2)21-17-6-4-5-9-24(17)19/h4-10H,11H2,1-3H3,(H,23,27)(H,25,26)/b22-12-.